The Hall–Kier alpha value is -3.59. The number of aromatic amines is 1. The van der Waals surface area contributed by atoms with Crippen LogP contribution in [0, 0.1) is 0 Å². The first-order valence-electron chi connectivity index (χ1n) is 10.6. The lowest BCUT2D eigenvalue weighted by Gasteiger charge is -2.23. The van der Waals surface area contributed by atoms with E-state index in [2.05, 4.69) is 31.2 Å². The summed E-state index contributed by atoms with van der Waals surface area (Å²) in [5, 5.41) is 4.47. The number of rotatable bonds is 7. The molecule has 0 fully saturated rings. The van der Waals surface area contributed by atoms with Crippen molar-refractivity contribution in [2.75, 3.05) is 21.3 Å². The summed E-state index contributed by atoms with van der Waals surface area (Å²) < 4.78 is 16.6. The first-order chi connectivity index (χ1) is 16.4. The van der Waals surface area contributed by atoms with Crippen molar-refractivity contribution in [1.82, 2.24) is 15.3 Å². The van der Waals surface area contributed by atoms with Gasteiger partial charge < -0.3 is 24.5 Å². The van der Waals surface area contributed by atoms with Gasteiger partial charge in [-0.15, -0.1) is 0 Å². The van der Waals surface area contributed by atoms with Gasteiger partial charge in [0.1, 0.15) is 23.0 Å². The zero-order valence-corrected chi connectivity index (χ0v) is 20.7. The Morgan fingerprint density at radius 3 is 2.53 bits per heavy atom. The number of para-hydroxylation sites is 1. The number of esters is 1. The third-order valence-electron chi connectivity index (χ3n) is 5.86. The topological polar surface area (TPSA) is 103 Å². The summed E-state index contributed by atoms with van der Waals surface area (Å²) in [4.78, 5) is 33.6. The van der Waals surface area contributed by atoms with Crippen LogP contribution in [0.15, 0.2) is 53.1 Å². The highest BCUT2D eigenvalue weighted by Gasteiger charge is 2.31. The highest BCUT2D eigenvalue weighted by molar-refractivity contribution is 9.10. The number of carbonyl (C=O) groups is 2. The fraction of sp³-hybridized carbons (Fsp3) is 0.240. The molecule has 34 heavy (non-hydrogen) atoms. The molecule has 2 aromatic heterocycles. The summed E-state index contributed by atoms with van der Waals surface area (Å²) in [7, 11) is 4.38. The van der Waals surface area contributed by atoms with Crippen molar-refractivity contribution in [3.8, 4) is 11.5 Å². The molecule has 0 bridgehead atoms. The number of nitrogens with one attached hydrogen (secondary N) is 2. The average molecular weight is 526 g/mol. The van der Waals surface area contributed by atoms with Gasteiger partial charge in [0.2, 0.25) is 0 Å². The van der Waals surface area contributed by atoms with Crippen LogP contribution in [0.3, 0.4) is 0 Å². The number of halogens is 1. The first-order valence-corrected chi connectivity index (χ1v) is 11.3. The Kier molecular flexibility index (Phi) is 6.74. The Morgan fingerprint density at radius 2 is 1.82 bits per heavy atom. The lowest BCUT2D eigenvalue weighted by Crippen LogP contribution is -2.45. The van der Waals surface area contributed by atoms with E-state index in [1.165, 1.54) is 14.2 Å². The van der Waals surface area contributed by atoms with Gasteiger partial charge in [-0.3, -0.25) is 4.79 Å². The number of hydrogen-bond acceptors (Lipinski definition) is 6. The van der Waals surface area contributed by atoms with E-state index in [0.29, 0.717) is 26.9 Å². The second kappa shape index (κ2) is 9.72. The maximum absolute atomic E-state index is 13.2. The zero-order chi connectivity index (χ0) is 24.4. The van der Waals surface area contributed by atoms with Crippen molar-refractivity contribution in [3.63, 3.8) is 0 Å². The molecule has 2 aromatic carbocycles. The molecule has 8 nitrogen and oxygen atoms in total. The number of benzene rings is 2. The smallest absolute Gasteiger partial charge is 0.329 e. The molecule has 0 saturated carbocycles. The molecule has 0 aliphatic rings. The Balaban J connectivity index is 1.70. The summed E-state index contributed by atoms with van der Waals surface area (Å²) in [5.74, 6) is -0.361. The van der Waals surface area contributed by atoms with Crippen molar-refractivity contribution in [3.05, 3.63) is 64.4 Å². The van der Waals surface area contributed by atoms with Crippen molar-refractivity contribution in [2.24, 2.45) is 0 Å². The molecule has 4 rings (SSSR count). The van der Waals surface area contributed by atoms with Crippen LogP contribution in [0.1, 0.15) is 28.9 Å². The molecule has 4 aromatic rings. The van der Waals surface area contributed by atoms with Crippen molar-refractivity contribution >= 4 is 49.6 Å². The van der Waals surface area contributed by atoms with E-state index < -0.39 is 17.9 Å². The molecule has 0 aliphatic carbocycles. The van der Waals surface area contributed by atoms with Gasteiger partial charge >= 0.3 is 5.97 Å². The minimum Gasteiger partial charge on any atom is -0.496 e. The largest absolute Gasteiger partial charge is 0.496 e. The Morgan fingerprint density at radius 1 is 1.06 bits per heavy atom. The number of fused-ring (bicyclic) bond motifs is 2. The number of ether oxygens (including phenoxy) is 3. The minimum atomic E-state index is -0.923. The monoisotopic (exact) mass is 525 g/mol. The molecular weight excluding hydrogens is 502 g/mol. The fourth-order valence-corrected chi connectivity index (χ4v) is 4.63. The predicted molar refractivity (Wildman–Crippen MR) is 133 cm³/mol. The van der Waals surface area contributed by atoms with Crippen LogP contribution in [0.25, 0.3) is 21.8 Å². The summed E-state index contributed by atoms with van der Waals surface area (Å²) >= 11 is 3.45. The normalized spacial score (nSPS) is 12.9. The number of aromatic nitrogens is 2. The van der Waals surface area contributed by atoms with E-state index in [1.807, 2.05) is 37.4 Å². The lowest BCUT2D eigenvalue weighted by atomic mass is 9.92. The molecule has 2 heterocycles. The maximum atomic E-state index is 13.2. The first kappa shape index (κ1) is 23.6. The van der Waals surface area contributed by atoms with Crippen LogP contribution in [0.2, 0.25) is 0 Å². The third kappa shape index (κ3) is 4.19. The quantitative estimate of drug-likeness (QED) is 0.342. The van der Waals surface area contributed by atoms with Gasteiger partial charge in [0.15, 0.2) is 5.75 Å². The van der Waals surface area contributed by atoms with Crippen LogP contribution >= 0.6 is 15.9 Å². The second-order valence-electron chi connectivity index (χ2n) is 7.74. The molecule has 176 valence electrons. The second-order valence-corrected chi connectivity index (χ2v) is 8.59. The van der Waals surface area contributed by atoms with E-state index in [9.17, 15) is 9.59 Å². The van der Waals surface area contributed by atoms with E-state index in [1.54, 1.807) is 25.3 Å². The minimum absolute atomic E-state index is 0.131. The van der Waals surface area contributed by atoms with E-state index in [4.69, 9.17) is 14.2 Å². The SMILES string of the molecule is COC(=O)C(NC(=O)c1ccc2c(OC)cc(Br)c(OC)c2n1)C(C)c1c[nH]c2ccccc12. The van der Waals surface area contributed by atoms with E-state index in [0.717, 1.165) is 16.5 Å². The molecule has 9 heteroatoms. The fourth-order valence-electron chi connectivity index (χ4n) is 4.07. The van der Waals surface area contributed by atoms with Crippen LogP contribution in [-0.4, -0.2) is 49.2 Å². The highest BCUT2D eigenvalue weighted by atomic mass is 79.9. The van der Waals surface area contributed by atoms with Crippen molar-refractivity contribution in [2.45, 2.75) is 18.9 Å². The van der Waals surface area contributed by atoms with E-state index >= 15 is 0 Å². The zero-order valence-electron chi connectivity index (χ0n) is 19.1. The van der Waals surface area contributed by atoms with Crippen molar-refractivity contribution in [1.29, 1.82) is 0 Å². The summed E-state index contributed by atoms with van der Waals surface area (Å²) in [6.45, 7) is 1.87. The van der Waals surface area contributed by atoms with Crippen LogP contribution in [0.5, 0.6) is 11.5 Å². The molecule has 2 N–H and O–H groups in total. The highest BCUT2D eigenvalue weighted by Crippen LogP contribution is 2.38. The number of pyridine rings is 1. The van der Waals surface area contributed by atoms with Gasteiger partial charge in [-0.25, -0.2) is 9.78 Å². The number of carbonyl (C=O) groups excluding carboxylic acids is 2. The predicted octanol–water partition coefficient (Wildman–Crippen LogP) is 4.57. The number of methoxy groups -OCH3 is 3. The standard InChI is InChI=1S/C25H24BrN3O5/c1-13(16-12-27-18-8-6-5-7-14(16)18)21(25(31)34-4)29-24(30)19-10-9-15-20(32-2)11-17(26)23(33-3)22(15)28-19/h5-13,21,27H,1-4H3,(H,29,30). The lowest BCUT2D eigenvalue weighted by molar-refractivity contribution is -0.143. The van der Waals surface area contributed by atoms with Gasteiger partial charge in [-0.1, -0.05) is 25.1 Å². The number of H-pyrrole nitrogens is 1. The van der Waals surface area contributed by atoms with Crippen molar-refractivity contribution < 1.29 is 23.8 Å². The molecule has 0 saturated heterocycles. The third-order valence-corrected chi connectivity index (χ3v) is 6.45. The van der Waals surface area contributed by atoms with Crippen LogP contribution in [0.4, 0.5) is 0 Å². The van der Waals surface area contributed by atoms with E-state index in [-0.39, 0.29) is 11.6 Å². The van der Waals surface area contributed by atoms with Crippen LogP contribution < -0.4 is 14.8 Å². The molecule has 0 aliphatic heterocycles. The molecule has 2 atom stereocenters. The average Bonchev–Trinajstić information content (AvgIpc) is 3.29. The van der Waals surface area contributed by atoms with Gasteiger partial charge in [-0.2, -0.15) is 0 Å². The number of amides is 1. The summed E-state index contributed by atoms with van der Waals surface area (Å²) in [5.41, 5.74) is 2.43. The Bertz CT molecular complexity index is 1380. The number of hydrogen-bond donors (Lipinski definition) is 2. The van der Waals surface area contributed by atoms with Gasteiger partial charge in [0.05, 0.1) is 25.8 Å². The summed E-state index contributed by atoms with van der Waals surface area (Å²) in [6.07, 6.45) is 1.85. The van der Waals surface area contributed by atoms with Gasteiger partial charge in [-0.05, 0) is 45.8 Å². The maximum Gasteiger partial charge on any atom is 0.329 e. The van der Waals surface area contributed by atoms with Crippen LogP contribution in [-0.2, 0) is 9.53 Å². The molecular formula is C25H24BrN3O5. The molecule has 2 unspecified atom stereocenters. The molecule has 0 spiro atoms. The van der Waals surface area contributed by atoms with Gasteiger partial charge in [0.25, 0.3) is 5.91 Å². The number of nitrogens with zero attached hydrogens (tertiary/aromatic N) is 1. The molecule has 0 radical (unpaired) electrons. The Labute approximate surface area is 204 Å². The summed E-state index contributed by atoms with van der Waals surface area (Å²) in [6, 6.07) is 12.0. The van der Waals surface area contributed by atoms with Gasteiger partial charge in [0, 0.05) is 28.4 Å². The molecule has 1 amide bonds.